The molecular weight excluding hydrogens is 306 g/mol. The zero-order chi connectivity index (χ0) is 15.1. The Balaban J connectivity index is 2.70. The Labute approximate surface area is 122 Å². The highest BCUT2D eigenvalue weighted by atomic mass is 35.5. The first-order valence-corrected chi connectivity index (χ1v) is 7.33. The van der Waals surface area contributed by atoms with Crippen LogP contribution < -0.4 is 0 Å². The van der Waals surface area contributed by atoms with Crippen LogP contribution in [0.15, 0.2) is 12.1 Å². The molecule has 0 amide bonds. The first-order chi connectivity index (χ1) is 9.29. The van der Waals surface area contributed by atoms with E-state index in [9.17, 15) is 23.7 Å². The van der Waals surface area contributed by atoms with Crippen molar-refractivity contribution in [2.24, 2.45) is 0 Å². The molecule has 1 fully saturated rings. The van der Waals surface area contributed by atoms with Crippen LogP contribution in [0.1, 0.15) is 40.7 Å². The summed E-state index contributed by atoms with van der Waals surface area (Å²) < 4.78 is 21.8. The molecule has 0 N–H and O–H groups in total. The molecule has 108 valence electrons. The molecule has 2 rings (SSSR count). The SMILES string of the molecule is Cc1cc(C2(S(=O)[O-])CCC2)c([N+](=O)[O-])cc1C(=O)Cl. The summed E-state index contributed by atoms with van der Waals surface area (Å²) >= 11 is 2.92. The van der Waals surface area contributed by atoms with Crippen LogP contribution in [0.2, 0.25) is 0 Å². The third-order valence-corrected chi connectivity index (χ3v) is 5.19. The van der Waals surface area contributed by atoms with Gasteiger partial charge in [0, 0.05) is 17.2 Å². The van der Waals surface area contributed by atoms with Crippen LogP contribution in [0.25, 0.3) is 0 Å². The summed E-state index contributed by atoms with van der Waals surface area (Å²) in [6.07, 6.45) is 1.38. The second-order valence-corrected chi connectivity index (χ2v) is 6.39. The maximum atomic E-state index is 11.5. The molecule has 0 heterocycles. The van der Waals surface area contributed by atoms with Crippen LogP contribution in [0.5, 0.6) is 0 Å². The van der Waals surface area contributed by atoms with Gasteiger partial charge < -0.3 is 4.55 Å². The number of benzene rings is 1. The number of carbonyl (C=O) groups is 1. The van der Waals surface area contributed by atoms with Crippen LogP contribution >= 0.6 is 11.6 Å². The second-order valence-electron chi connectivity index (χ2n) is 4.80. The van der Waals surface area contributed by atoms with Crippen LogP contribution in [0, 0.1) is 17.0 Å². The van der Waals surface area contributed by atoms with Gasteiger partial charge in [-0.25, -0.2) is 0 Å². The Morgan fingerprint density at radius 1 is 1.45 bits per heavy atom. The van der Waals surface area contributed by atoms with E-state index < -0.39 is 26.0 Å². The number of carbonyl (C=O) groups excluding carboxylic acids is 1. The van der Waals surface area contributed by atoms with Gasteiger partial charge in [-0.3, -0.25) is 19.1 Å². The van der Waals surface area contributed by atoms with Gasteiger partial charge in [0.15, 0.2) is 0 Å². The average Bonchev–Trinajstić information content (AvgIpc) is 2.25. The molecule has 1 saturated carbocycles. The van der Waals surface area contributed by atoms with E-state index in [1.165, 1.54) is 6.07 Å². The largest absolute Gasteiger partial charge is 0.772 e. The van der Waals surface area contributed by atoms with E-state index in [2.05, 4.69) is 0 Å². The predicted octanol–water partition coefficient (Wildman–Crippen LogP) is 2.54. The van der Waals surface area contributed by atoms with Crippen molar-refractivity contribution < 1.29 is 18.5 Å². The third-order valence-electron chi connectivity index (χ3n) is 3.72. The lowest BCUT2D eigenvalue weighted by molar-refractivity contribution is -0.386. The number of hydrogen-bond acceptors (Lipinski definition) is 5. The number of halogens is 1. The Hall–Kier alpha value is -1.31. The monoisotopic (exact) mass is 316 g/mol. The van der Waals surface area contributed by atoms with E-state index >= 15 is 0 Å². The summed E-state index contributed by atoms with van der Waals surface area (Å²) in [5, 5.41) is 10.4. The Kier molecular flexibility index (Phi) is 3.95. The highest BCUT2D eigenvalue weighted by molar-refractivity contribution is 7.80. The second kappa shape index (κ2) is 5.23. The Morgan fingerprint density at radius 2 is 2.05 bits per heavy atom. The summed E-state index contributed by atoms with van der Waals surface area (Å²) in [7, 11) is 0. The van der Waals surface area contributed by atoms with E-state index in [0.717, 1.165) is 6.07 Å². The minimum absolute atomic E-state index is 0.0215. The van der Waals surface area contributed by atoms with Gasteiger partial charge in [-0.2, -0.15) is 0 Å². The average molecular weight is 317 g/mol. The number of nitro benzene ring substituents is 1. The molecule has 0 spiro atoms. The topological polar surface area (TPSA) is 100 Å². The first-order valence-electron chi connectivity index (χ1n) is 5.88. The van der Waals surface area contributed by atoms with Gasteiger partial charge in [-0.15, -0.1) is 0 Å². The lowest BCUT2D eigenvalue weighted by atomic mass is 9.77. The molecule has 1 aliphatic rings. The van der Waals surface area contributed by atoms with Gasteiger partial charge in [-0.05, 0) is 60.5 Å². The molecule has 20 heavy (non-hydrogen) atoms. The molecule has 0 aromatic heterocycles. The molecule has 1 atom stereocenters. The minimum Gasteiger partial charge on any atom is -0.772 e. The van der Waals surface area contributed by atoms with Gasteiger partial charge >= 0.3 is 0 Å². The normalized spacial score (nSPS) is 18.1. The Morgan fingerprint density at radius 3 is 2.40 bits per heavy atom. The van der Waals surface area contributed by atoms with E-state index in [0.29, 0.717) is 24.8 Å². The fourth-order valence-electron chi connectivity index (χ4n) is 2.45. The Bertz CT molecular complexity index is 627. The van der Waals surface area contributed by atoms with Gasteiger partial charge in [0.05, 0.1) is 9.67 Å². The van der Waals surface area contributed by atoms with Crippen molar-refractivity contribution in [3.05, 3.63) is 38.9 Å². The molecule has 8 heteroatoms. The van der Waals surface area contributed by atoms with Crippen molar-refractivity contribution in [3.8, 4) is 0 Å². The fraction of sp³-hybridized carbons (Fsp3) is 0.417. The summed E-state index contributed by atoms with van der Waals surface area (Å²) in [5.74, 6) is 0. The fourth-order valence-corrected chi connectivity index (χ4v) is 3.62. The van der Waals surface area contributed by atoms with Crippen molar-refractivity contribution in [1.29, 1.82) is 0 Å². The molecule has 0 radical (unpaired) electrons. The molecule has 1 aromatic carbocycles. The minimum atomic E-state index is -2.46. The maximum Gasteiger partial charge on any atom is 0.274 e. The summed E-state index contributed by atoms with van der Waals surface area (Å²) in [6, 6.07) is 2.45. The van der Waals surface area contributed by atoms with Crippen molar-refractivity contribution >= 4 is 33.6 Å². The summed E-state index contributed by atoms with van der Waals surface area (Å²) in [5.41, 5.74) is 0.223. The first kappa shape index (κ1) is 15.1. The maximum absolute atomic E-state index is 11.5. The highest BCUT2D eigenvalue weighted by Crippen LogP contribution is 2.49. The summed E-state index contributed by atoms with van der Waals surface area (Å²) in [4.78, 5) is 21.7. The number of hydrogen-bond donors (Lipinski definition) is 0. The van der Waals surface area contributed by atoms with E-state index in [4.69, 9.17) is 11.6 Å². The van der Waals surface area contributed by atoms with Gasteiger partial charge in [-0.1, -0.05) is 0 Å². The highest BCUT2D eigenvalue weighted by Gasteiger charge is 2.44. The van der Waals surface area contributed by atoms with E-state index in [1.807, 2.05) is 0 Å². The number of rotatable bonds is 4. The van der Waals surface area contributed by atoms with Crippen LogP contribution in [0.3, 0.4) is 0 Å². The van der Waals surface area contributed by atoms with Crippen LogP contribution in [0.4, 0.5) is 5.69 Å². The number of nitro groups is 1. The van der Waals surface area contributed by atoms with Gasteiger partial charge in [0.25, 0.3) is 10.9 Å². The van der Waals surface area contributed by atoms with Crippen LogP contribution in [-0.2, 0) is 15.8 Å². The van der Waals surface area contributed by atoms with Crippen molar-refractivity contribution in [2.45, 2.75) is 30.9 Å². The summed E-state index contributed by atoms with van der Waals surface area (Å²) in [6.45, 7) is 1.57. The van der Waals surface area contributed by atoms with E-state index in [1.54, 1.807) is 6.92 Å². The quantitative estimate of drug-likeness (QED) is 0.368. The standard InChI is InChI=1S/C12H12ClNO5S/c1-7-5-9(12(20(18)19)3-2-4-12)10(14(16)17)6-8(7)11(13)15/h5-6H,2-4H2,1H3,(H,18,19)/p-1. The molecule has 0 aliphatic heterocycles. The zero-order valence-electron chi connectivity index (χ0n) is 10.6. The van der Waals surface area contributed by atoms with Crippen molar-refractivity contribution in [1.82, 2.24) is 0 Å². The van der Waals surface area contributed by atoms with E-state index in [-0.39, 0.29) is 16.8 Å². The molecule has 1 unspecified atom stereocenters. The van der Waals surface area contributed by atoms with Crippen LogP contribution in [-0.4, -0.2) is 18.9 Å². The molecular formula is C12H11ClNO5S-. The molecule has 6 nitrogen and oxygen atoms in total. The third kappa shape index (κ3) is 2.25. The zero-order valence-corrected chi connectivity index (χ0v) is 12.1. The van der Waals surface area contributed by atoms with Gasteiger partial charge in [0.1, 0.15) is 0 Å². The van der Waals surface area contributed by atoms with Gasteiger partial charge in [0.2, 0.25) is 0 Å². The number of nitrogens with zero attached hydrogens (tertiary/aromatic N) is 1. The molecule has 0 bridgehead atoms. The smallest absolute Gasteiger partial charge is 0.274 e. The van der Waals surface area contributed by atoms with Crippen molar-refractivity contribution in [3.63, 3.8) is 0 Å². The lowest BCUT2D eigenvalue weighted by Crippen LogP contribution is -2.39. The predicted molar refractivity (Wildman–Crippen MR) is 72.5 cm³/mol. The van der Waals surface area contributed by atoms with Crippen molar-refractivity contribution in [2.75, 3.05) is 0 Å². The number of aryl methyl sites for hydroxylation is 1. The molecule has 0 saturated heterocycles. The molecule has 1 aromatic rings. The lowest BCUT2D eigenvalue weighted by Gasteiger charge is -2.43. The molecule has 1 aliphatic carbocycles.